The molecule has 0 aromatic heterocycles. The normalized spacial score (nSPS) is 13.1. The average Bonchev–Trinajstić information content (AvgIpc) is 2.37. The van der Waals surface area contributed by atoms with Crippen molar-refractivity contribution in [2.24, 2.45) is 11.7 Å². The van der Waals surface area contributed by atoms with Crippen LogP contribution in [0.4, 0.5) is 18.9 Å². The SMILES string of the molecule is CCC(C)CC(=O)Nc1ccc(CN)cc1C(F)(F)F. The van der Waals surface area contributed by atoms with Crippen LogP contribution in [0.2, 0.25) is 0 Å². The van der Waals surface area contributed by atoms with Gasteiger partial charge in [0.1, 0.15) is 0 Å². The van der Waals surface area contributed by atoms with E-state index < -0.39 is 17.6 Å². The molecule has 0 bridgehead atoms. The zero-order valence-electron chi connectivity index (χ0n) is 11.6. The lowest BCUT2D eigenvalue weighted by Crippen LogP contribution is -2.18. The second-order valence-electron chi connectivity index (χ2n) is 4.85. The van der Waals surface area contributed by atoms with Gasteiger partial charge in [-0.05, 0) is 23.6 Å². The van der Waals surface area contributed by atoms with Gasteiger partial charge >= 0.3 is 6.18 Å². The Balaban J connectivity index is 2.97. The van der Waals surface area contributed by atoms with E-state index in [0.717, 1.165) is 12.5 Å². The number of rotatable bonds is 5. The summed E-state index contributed by atoms with van der Waals surface area (Å²) in [5.41, 5.74) is 4.63. The molecular weight excluding hydrogens is 269 g/mol. The topological polar surface area (TPSA) is 55.1 Å². The average molecular weight is 288 g/mol. The molecule has 0 aliphatic heterocycles. The fourth-order valence-electron chi connectivity index (χ4n) is 1.72. The third kappa shape index (κ3) is 4.52. The first-order valence-corrected chi connectivity index (χ1v) is 6.48. The molecule has 112 valence electrons. The summed E-state index contributed by atoms with van der Waals surface area (Å²) in [6.45, 7) is 3.82. The van der Waals surface area contributed by atoms with Crippen LogP contribution in [0.1, 0.15) is 37.8 Å². The number of anilines is 1. The minimum atomic E-state index is -4.52. The number of carbonyl (C=O) groups excluding carboxylic acids is 1. The molecule has 0 spiro atoms. The molecule has 0 radical (unpaired) electrons. The molecule has 1 rings (SSSR count). The number of carbonyl (C=O) groups is 1. The van der Waals surface area contributed by atoms with Gasteiger partial charge in [-0.25, -0.2) is 0 Å². The van der Waals surface area contributed by atoms with E-state index in [2.05, 4.69) is 5.32 Å². The van der Waals surface area contributed by atoms with E-state index in [0.29, 0.717) is 5.56 Å². The van der Waals surface area contributed by atoms with Crippen molar-refractivity contribution in [2.45, 2.75) is 39.4 Å². The van der Waals surface area contributed by atoms with E-state index in [1.807, 2.05) is 13.8 Å². The summed E-state index contributed by atoms with van der Waals surface area (Å²) in [7, 11) is 0. The fraction of sp³-hybridized carbons (Fsp3) is 0.500. The third-order valence-corrected chi connectivity index (χ3v) is 3.13. The number of halogens is 3. The van der Waals surface area contributed by atoms with Gasteiger partial charge in [0, 0.05) is 13.0 Å². The first-order valence-electron chi connectivity index (χ1n) is 6.48. The summed E-state index contributed by atoms with van der Waals surface area (Å²) in [5, 5.41) is 2.33. The van der Waals surface area contributed by atoms with Crippen molar-refractivity contribution >= 4 is 11.6 Å². The molecule has 20 heavy (non-hydrogen) atoms. The van der Waals surface area contributed by atoms with Crippen LogP contribution in [-0.4, -0.2) is 5.91 Å². The highest BCUT2D eigenvalue weighted by molar-refractivity contribution is 5.91. The predicted molar refractivity (Wildman–Crippen MR) is 72.0 cm³/mol. The number of hydrogen-bond donors (Lipinski definition) is 2. The van der Waals surface area contributed by atoms with Gasteiger partial charge in [0.2, 0.25) is 5.91 Å². The molecule has 1 aromatic carbocycles. The first-order chi connectivity index (χ1) is 9.27. The van der Waals surface area contributed by atoms with E-state index in [9.17, 15) is 18.0 Å². The van der Waals surface area contributed by atoms with E-state index in [1.54, 1.807) is 0 Å². The van der Waals surface area contributed by atoms with Crippen LogP contribution in [0, 0.1) is 5.92 Å². The van der Waals surface area contributed by atoms with Crippen LogP contribution >= 0.6 is 0 Å². The molecule has 0 fully saturated rings. The van der Waals surface area contributed by atoms with Crippen LogP contribution in [-0.2, 0) is 17.5 Å². The van der Waals surface area contributed by atoms with E-state index >= 15 is 0 Å². The van der Waals surface area contributed by atoms with Crippen LogP contribution < -0.4 is 11.1 Å². The lowest BCUT2D eigenvalue weighted by Gasteiger charge is -2.16. The van der Waals surface area contributed by atoms with Crippen LogP contribution in [0.25, 0.3) is 0 Å². The zero-order chi connectivity index (χ0) is 15.3. The summed E-state index contributed by atoms with van der Waals surface area (Å²) >= 11 is 0. The maximum Gasteiger partial charge on any atom is 0.418 e. The second-order valence-corrected chi connectivity index (χ2v) is 4.85. The Hall–Kier alpha value is -1.56. The molecule has 6 heteroatoms. The van der Waals surface area contributed by atoms with Gasteiger partial charge in [0.25, 0.3) is 0 Å². The van der Waals surface area contributed by atoms with Crippen LogP contribution in [0.15, 0.2) is 18.2 Å². The Kier molecular flexibility index (Phi) is 5.56. The standard InChI is InChI=1S/C14H19F3N2O/c1-3-9(2)6-13(20)19-12-5-4-10(8-18)7-11(12)14(15,16)17/h4-5,7,9H,3,6,8,18H2,1-2H3,(H,19,20). The highest BCUT2D eigenvalue weighted by Gasteiger charge is 2.34. The largest absolute Gasteiger partial charge is 0.418 e. The van der Waals surface area contributed by atoms with Gasteiger partial charge in [0.15, 0.2) is 0 Å². The Morgan fingerprint density at radius 3 is 2.55 bits per heavy atom. The highest BCUT2D eigenvalue weighted by Crippen LogP contribution is 2.35. The van der Waals surface area contributed by atoms with Crippen molar-refractivity contribution in [1.29, 1.82) is 0 Å². The van der Waals surface area contributed by atoms with Crippen molar-refractivity contribution in [3.63, 3.8) is 0 Å². The molecule has 0 heterocycles. The minimum Gasteiger partial charge on any atom is -0.326 e. The van der Waals surface area contributed by atoms with E-state index in [-0.39, 0.29) is 24.6 Å². The zero-order valence-corrected chi connectivity index (χ0v) is 11.6. The molecule has 1 atom stereocenters. The lowest BCUT2D eigenvalue weighted by molar-refractivity contribution is -0.137. The van der Waals surface area contributed by atoms with E-state index in [4.69, 9.17) is 5.73 Å². The molecule has 0 saturated carbocycles. The Morgan fingerprint density at radius 1 is 1.40 bits per heavy atom. The monoisotopic (exact) mass is 288 g/mol. The summed E-state index contributed by atoms with van der Waals surface area (Å²) in [6.07, 6.45) is -3.53. The molecule has 0 saturated heterocycles. The van der Waals surface area contributed by atoms with Crippen molar-refractivity contribution in [1.82, 2.24) is 0 Å². The van der Waals surface area contributed by atoms with Gasteiger partial charge in [-0.1, -0.05) is 26.3 Å². The lowest BCUT2D eigenvalue weighted by atomic mass is 10.0. The Bertz CT molecular complexity index is 472. The van der Waals surface area contributed by atoms with Gasteiger partial charge in [-0.2, -0.15) is 13.2 Å². The summed E-state index contributed by atoms with van der Waals surface area (Å²) in [5.74, 6) is -0.280. The van der Waals surface area contributed by atoms with Gasteiger partial charge < -0.3 is 11.1 Å². The molecular formula is C14H19F3N2O. The molecule has 1 unspecified atom stereocenters. The molecule has 0 aliphatic carbocycles. The number of hydrogen-bond acceptors (Lipinski definition) is 2. The summed E-state index contributed by atoms with van der Waals surface area (Å²) < 4.78 is 38.9. The maximum absolute atomic E-state index is 13.0. The van der Waals surface area contributed by atoms with Crippen LogP contribution in [0.3, 0.4) is 0 Å². The van der Waals surface area contributed by atoms with Crippen molar-refractivity contribution in [2.75, 3.05) is 5.32 Å². The van der Waals surface area contributed by atoms with Crippen LogP contribution in [0.5, 0.6) is 0 Å². The molecule has 0 aliphatic rings. The van der Waals surface area contributed by atoms with E-state index in [1.165, 1.54) is 12.1 Å². The van der Waals surface area contributed by atoms with Crippen molar-refractivity contribution in [3.05, 3.63) is 29.3 Å². The third-order valence-electron chi connectivity index (χ3n) is 3.13. The van der Waals surface area contributed by atoms with Crippen molar-refractivity contribution < 1.29 is 18.0 Å². The number of benzene rings is 1. The fourth-order valence-corrected chi connectivity index (χ4v) is 1.72. The van der Waals surface area contributed by atoms with Crippen molar-refractivity contribution in [3.8, 4) is 0 Å². The van der Waals surface area contributed by atoms with Gasteiger partial charge in [0.05, 0.1) is 11.3 Å². The maximum atomic E-state index is 13.0. The molecule has 3 nitrogen and oxygen atoms in total. The smallest absolute Gasteiger partial charge is 0.326 e. The quantitative estimate of drug-likeness (QED) is 0.870. The summed E-state index contributed by atoms with van der Waals surface area (Å²) in [4.78, 5) is 11.7. The summed E-state index contributed by atoms with van der Waals surface area (Å²) in [6, 6.07) is 3.70. The molecule has 1 aromatic rings. The second kappa shape index (κ2) is 6.74. The Labute approximate surface area is 116 Å². The van der Waals surface area contributed by atoms with Gasteiger partial charge in [-0.15, -0.1) is 0 Å². The number of nitrogens with two attached hydrogens (primary N) is 1. The first kappa shape index (κ1) is 16.5. The van der Waals surface area contributed by atoms with Gasteiger partial charge in [-0.3, -0.25) is 4.79 Å². The molecule has 3 N–H and O–H groups in total. The number of nitrogens with one attached hydrogen (secondary N) is 1. The number of amides is 1. The number of alkyl halides is 3. The highest BCUT2D eigenvalue weighted by atomic mass is 19.4. The minimum absolute atomic E-state index is 0.0180. The molecule has 1 amide bonds. The Morgan fingerprint density at radius 2 is 2.05 bits per heavy atom. The predicted octanol–water partition coefficient (Wildman–Crippen LogP) is 3.54.